The molecule has 19 heavy (non-hydrogen) atoms. The molecular weight excluding hydrogens is 250 g/mol. The normalized spacial score (nSPS) is 10.5. The molecule has 1 heterocycles. The van der Waals surface area contributed by atoms with Crippen LogP contribution in [0.1, 0.15) is 12.5 Å². The van der Waals surface area contributed by atoms with E-state index in [-0.39, 0.29) is 5.75 Å². The predicted octanol–water partition coefficient (Wildman–Crippen LogP) is 3.26. The topological polar surface area (TPSA) is 34.2 Å². The summed E-state index contributed by atoms with van der Waals surface area (Å²) in [4.78, 5) is 4.03. The number of rotatable bonds is 5. The molecule has 0 aliphatic heterocycles. The van der Waals surface area contributed by atoms with Crippen molar-refractivity contribution in [3.63, 3.8) is 0 Å². The lowest BCUT2D eigenvalue weighted by molar-refractivity contribution is 0.447. The molecule has 0 atom stereocenters. The van der Waals surface area contributed by atoms with Gasteiger partial charge in [0.2, 0.25) is 5.88 Å². The number of benzene rings is 1. The average molecular weight is 264 g/mol. The van der Waals surface area contributed by atoms with Crippen LogP contribution in [0.5, 0.6) is 11.6 Å². The van der Waals surface area contributed by atoms with E-state index in [1.807, 2.05) is 13.0 Å². The molecule has 1 N–H and O–H groups in total. The Hall–Kier alpha value is -2.01. The lowest BCUT2D eigenvalue weighted by atomic mass is 10.2. The maximum atomic E-state index is 13.0. The van der Waals surface area contributed by atoms with Crippen molar-refractivity contribution >= 4 is 0 Å². The number of hydrogen-bond donors (Lipinski definition) is 1. The average Bonchev–Trinajstić information content (AvgIpc) is 2.41. The monoisotopic (exact) mass is 264 g/mol. The molecule has 100 valence electrons. The maximum Gasteiger partial charge on any atom is 0.219 e. The maximum absolute atomic E-state index is 13.0. The molecule has 2 rings (SSSR count). The van der Waals surface area contributed by atoms with Gasteiger partial charge in [-0.15, -0.1) is 0 Å². The van der Waals surface area contributed by atoms with Crippen LogP contribution in [0, 0.1) is 11.6 Å². The largest absolute Gasteiger partial charge is 0.439 e. The van der Waals surface area contributed by atoms with E-state index >= 15 is 0 Å². The first-order valence-electron chi connectivity index (χ1n) is 5.97. The molecule has 0 radical (unpaired) electrons. The van der Waals surface area contributed by atoms with Gasteiger partial charge < -0.3 is 10.1 Å². The van der Waals surface area contributed by atoms with Crippen LogP contribution in [0.2, 0.25) is 0 Å². The van der Waals surface area contributed by atoms with Gasteiger partial charge >= 0.3 is 0 Å². The Morgan fingerprint density at radius 1 is 1.16 bits per heavy atom. The molecule has 1 aromatic heterocycles. The van der Waals surface area contributed by atoms with E-state index < -0.39 is 11.6 Å². The van der Waals surface area contributed by atoms with E-state index in [0.29, 0.717) is 12.4 Å². The number of aromatic nitrogens is 1. The Morgan fingerprint density at radius 2 is 2.00 bits per heavy atom. The summed E-state index contributed by atoms with van der Waals surface area (Å²) in [7, 11) is 0. The van der Waals surface area contributed by atoms with E-state index in [4.69, 9.17) is 4.74 Å². The summed E-state index contributed by atoms with van der Waals surface area (Å²) >= 11 is 0. The summed E-state index contributed by atoms with van der Waals surface area (Å²) in [5.41, 5.74) is 1.01. The Kier molecular flexibility index (Phi) is 4.41. The van der Waals surface area contributed by atoms with Gasteiger partial charge in [-0.2, -0.15) is 0 Å². The Balaban J connectivity index is 2.11. The van der Waals surface area contributed by atoms with E-state index in [0.717, 1.165) is 24.2 Å². The molecule has 0 unspecified atom stereocenters. The predicted molar refractivity (Wildman–Crippen MR) is 68.0 cm³/mol. The van der Waals surface area contributed by atoms with Gasteiger partial charge in [0, 0.05) is 24.9 Å². The number of hydrogen-bond acceptors (Lipinski definition) is 3. The summed E-state index contributed by atoms with van der Waals surface area (Å²) in [6, 6.07) is 6.99. The summed E-state index contributed by atoms with van der Waals surface area (Å²) in [6.45, 7) is 3.58. The molecule has 1 aromatic carbocycles. The number of nitrogens with zero attached hydrogens (tertiary/aromatic N) is 1. The third-order valence-corrected chi connectivity index (χ3v) is 2.49. The van der Waals surface area contributed by atoms with Crippen molar-refractivity contribution in [2.45, 2.75) is 13.5 Å². The molecule has 0 amide bonds. The minimum absolute atomic E-state index is 0.215. The van der Waals surface area contributed by atoms with Crippen molar-refractivity contribution in [1.29, 1.82) is 0 Å². The highest BCUT2D eigenvalue weighted by molar-refractivity contribution is 5.29. The fraction of sp³-hybridized carbons (Fsp3) is 0.214. The van der Waals surface area contributed by atoms with Crippen molar-refractivity contribution in [1.82, 2.24) is 10.3 Å². The standard InChI is InChI=1S/C14H14F2N2O/c1-2-17-9-10-5-6-18-14(7-10)19-11-3-4-12(15)13(16)8-11/h3-8,17H,2,9H2,1H3. The van der Waals surface area contributed by atoms with E-state index in [1.54, 1.807) is 12.3 Å². The highest BCUT2D eigenvalue weighted by Gasteiger charge is 2.05. The van der Waals surface area contributed by atoms with E-state index in [1.165, 1.54) is 6.07 Å². The third kappa shape index (κ3) is 3.72. The Morgan fingerprint density at radius 3 is 2.74 bits per heavy atom. The summed E-state index contributed by atoms with van der Waals surface area (Å²) in [5, 5.41) is 3.18. The van der Waals surface area contributed by atoms with Crippen LogP contribution in [0.25, 0.3) is 0 Å². The Labute approximate surface area is 110 Å². The van der Waals surface area contributed by atoms with Gasteiger partial charge in [-0.1, -0.05) is 6.92 Å². The zero-order valence-electron chi connectivity index (χ0n) is 10.5. The van der Waals surface area contributed by atoms with Crippen LogP contribution < -0.4 is 10.1 Å². The molecule has 0 bridgehead atoms. The molecule has 0 saturated carbocycles. The minimum atomic E-state index is -0.943. The van der Waals surface area contributed by atoms with Crippen molar-refractivity contribution in [3.05, 3.63) is 53.7 Å². The molecule has 0 spiro atoms. The van der Waals surface area contributed by atoms with Crippen LogP contribution in [0.3, 0.4) is 0 Å². The zero-order chi connectivity index (χ0) is 13.7. The number of ether oxygens (including phenoxy) is 1. The lowest BCUT2D eigenvalue weighted by Gasteiger charge is -2.07. The van der Waals surface area contributed by atoms with Crippen LogP contribution in [-0.4, -0.2) is 11.5 Å². The smallest absolute Gasteiger partial charge is 0.219 e. The second-order valence-electron chi connectivity index (χ2n) is 3.96. The summed E-state index contributed by atoms with van der Waals surface area (Å²) in [6.07, 6.45) is 1.61. The Bertz CT molecular complexity index is 561. The fourth-order valence-corrected chi connectivity index (χ4v) is 1.55. The molecule has 5 heteroatoms. The van der Waals surface area contributed by atoms with Gasteiger partial charge in [-0.3, -0.25) is 0 Å². The second kappa shape index (κ2) is 6.24. The number of halogens is 2. The molecule has 2 aromatic rings. The van der Waals surface area contributed by atoms with Crippen molar-refractivity contribution < 1.29 is 13.5 Å². The minimum Gasteiger partial charge on any atom is -0.439 e. The highest BCUT2D eigenvalue weighted by atomic mass is 19.2. The molecule has 0 saturated heterocycles. The molecule has 3 nitrogen and oxygen atoms in total. The van der Waals surface area contributed by atoms with Crippen molar-refractivity contribution in [3.8, 4) is 11.6 Å². The summed E-state index contributed by atoms with van der Waals surface area (Å²) < 4.78 is 31.2. The quantitative estimate of drug-likeness (QED) is 0.900. The molecule has 0 aliphatic carbocycles. The third-order valence-electron chi connectivity index (χ3n) is 2.49. The first kappa shape index (κ1) is 13.4. The van der Waals surface area contributed by atoms with Crippen LogP contribution in [-0.2, 0) is 6.54 Å². The highest BCUT2D eigenvalue weighted by Crippen LogP contribution is 2.22. The molecule has 0 aliphatic rings. The second-order valence-corrected chi connectivity index (χ2v) is 3.96. The van der Waals surface area contributed by atoms with Gasteiger partial charge in [-0.05, 0) is 30.3 Å². The first-order chi connectivity index (χ1) is 9.19. The van der Waals surface area contributed by atoms with Crippen LogP contribution in [0.4, 0.5) is 8.78 Å². The van der Waals surface area contributed by atoms with Crippen molar-refractivity contribution in [2.75, 3.05) is 6.54 Å². The lowest BCUT2D eigenvalue weighted by Crippen LogP contribution is -2.11. The first-order valence-corrected chi connectivity index (χ1v) is 5.97. The summed E-state index contributed by atoms with van der Waals surface area (Å²) in [5.74, 6) is -1.28. The van der Waals surface area contributed by atoms with E-state index in [2.05, 4.69) is 10.3 Å². The molecule has 0 fully saturated rings. The van der Waals surface area contributed by atoms with E-state index in [9.17, 15) is 8.78 Å². The SMILES string of the molecule is CCNCc1ccnc(Oc2ccc(F)c(F)c2)c1. The van der Waals surface area contributed by atoms with Gasteiger partial charge in [0.25, 0.3) is 0 Å². The molecular formula is C14H14F2N2O. The van der Waals surface area contributed by atoms with Gasteiger partial charge in [-0.25, -0.2) is 13.8 Å². The fourth-order valence-electron chi connectivity index (χ4n) is 1.55. The van der Waals surface area contributed by atoms with Crippen molar-refractivity contribution in [2.24, 2.45) is 0 Å². The van der Waals surface area contributed by atoms with Crippen LogP contribution in [0.15, 0.2) is 36.5 Å². The zero-order valence-corrected chi connectivity index (χ0v) is 10.5. The van der Waals surface area contributed by atoms with Gasteiger partial charge in [0.05, 0.1) is 0 Å². The van der Waals surface area contributed by atoms with Gasteiger partial charge in [0.15, 0.2) is 11.6 Å². The number of pyridine rings is 1. The van der Waals surface area contributed by atoms with Gasteiger partial charge in [0.1, 0.15) is 5.75 Å². The number of nitrogens with one attached hydrogen (secondary N) is 1. The van der Waals surface area contributed by atoms with Crippen LogP contribution >= 0.6 is 0 Å².